The maximum Gasteiger partial charge on any atom is 0.231 e. The Morgan fingerprint density at radius 2 is 0.875 bits per heavy atom. The standard InChI is InChI=1S/C12H18O3.2C11H16O2.C10H14O2.C9H10O2/c1-5-6-9-7-10(13-2)12(15-4)11(8-9)14-3;1-4-5-9-8-10(12-2)6-7-11(9)13-3;1-4-5-9-6-7-10(12-2)11(8-9)13-3;1-4-8-5-6-9(11-2)7-10(8)12-3;1-2-7-3-4-8-9(5-7)11-6-10-8/h7-8H,5-6H2,1-4H3;2*6-8H,4-5H2,1-3H3;5-7H,4H2,1-3H3;3-5H,2,6H2,1H3. The van der Waals surface area contributed by atoms with E-state index in [0.717, 1.165) is 109 Å². The summed E-state index contributed by atoms with van der Waals surface area (Å²) >= 11 is 0. The van der Waals surface area contributed by atoms with E-state index < -0.39 is 0 Å². The lowest BCUT2D eigenvalue weighted by Crippen LogP contribution is -1.96. The molecule has 0 unspecified atom stereocenters. The Bertz CT molecular complexity index is 2040. The molecule has 1 aliphatic rings. The fourth-order valence-electron chi connectivity index (χ4n) is 6.54. The van der Waals surface area contributed by atoms with Gasteiger partial charge in [-0.3, -0.25) is 0 Å². The summed E-state index contributed by atoms with van der Waals surface area (Å²) in [4.78, 5) is 0. The molecule has 5 aromatic rings. The first kappa shape index (κ1) is 54.0. The first-order chi connectivity index (χ1) is 31.1. The van der Waals surface area contributed by atoms with Gasteiger partial charge < -0.3 is 52.1 Å². The van der Waals surface area contributed by atoms with Crippen molar-refractivity contribution in [3.05, 3.63) is 113 Å². The van der Waals surface area contributed by atoms with Gasteiger partial charge in [-0.15, -0.1) is 0 Å². The summed E-state index contributed by atoms with van der Waals surface area (Å²) in [6.07, 6.45) is 8.50. The van der Waals surface area contributed by atoms with E-state index in [1.54, 1.807) is 64.0 Å². The second-order valence-electron chi connectivity index (χ2n) is 14.2. The molecule has 5 aromatic carbocycles. The highest BCUT2D eigenvalue weighted by atomic mass is 16.7. The lowest BCUT2D eigenvalue weighted by molar-refractivity contribution is 0.174. The maximum absolute atomic E-state index is 5.26. The molecule has 1 aliphatic heterocycles. The van der Waals surface area contributed by atoms with Crippen LogP contribution >= 0.6 is 0 Å². The zero-order valence-electron chi connectivity index (χ0n) is 40.9. The van der Waals surface area contributed by atoms with E-state index in [-0.39, 0.29) is 0 Å². The molecule has 0 saturated heterocycles. The molecule has 11 nitrogen and oxygen atoms in total. The third-order valence-corrected chi connectivity index (χ3v) is 9.98. The fraction of sp³-hybridized carbons (Fsp3) is 0.434. The Balaban J connectivity index is 0.000000276. The lowest BCUT2D eigenvalue weighted by Gasteiger charge is -2.13. The molecule has 352 valence electrons. The summed E-state index contributed by atoms with van der Waals surface area (Å²) in [6.45, 7) is 11.0. The second kappa shape index (κ2) is 30.9. The van der Waals surface area contributed by atoms with Crippen molar-refractivity contribution in [2.45, 2.75) is 86.0 Å². The van der Waals surface area contributed by atoms with Crippen LogP contribution in [0, 0.1) is 0 Å². The third-order valence-electron chi connectivity index (χ3n) is 9.98. The molecule has 0 saturated carbocycles. The van der Waals surface area contributed by atoms with Crippen molar-refractivity contribution in [2.75, 3.05) is 70.8 Å². The topological polar surface area (TPSA) is 102 Å². The summed E-state index contributed by atoms with van der Waals surface area (Å²) in [7, 11) is 14.9. The van der Waals surface area contributed by atoms with Crippen molar-refractivity contribution in [3.8, 4) is 63.2 Å². The summed E-state index contributed by atoms with van der Waals surface area (Å²) in [5, 5.41) is 0. The SMILES string of the molecule is CCCc1cc(OC)c(OC)c(OC)c1.CCCc1cc(OC)ccc1OC.CCCc1ccc(OC)c(OC)c1.CCc1ccc(OC)cc1OC.CCc1ccc2c(c1)OCO2. The summed E-state index contributed by atoms with van der Waals surface area (Å²) in [5.74, 6) is 9.02. The molecule has 0 spiro atoms. The van der Waals surface area contributed by atoms with Crippen molar-refractivity contribution in [1.29, 1.82) is 0 Å². The van der Waals surface area contributed by atoms with Crippen LogP contribution in [-0.4, -0.2) is 70.8 Å². The number of benzene rings is 5. The number of fused-ring (bicyclic) bond motifs is 1. The summed E-state index contributed by atoms with van der Waals surface area (Å²) in [6, 6.07) is 27.9. The van der Waals surface area contributed by atoms with Gasteiger partial charge in [0, 0.05) is 6.07 Å². The van der Waals surface area contributed by atoms with Gasteiger partial charge >= 0.3 is 0 Å². The van der Waals surface area contributed by atoms with Gasteiger partial charge in [-0.2, -0.15) is 0 Å². The van der Waals surface area contributed by atoms with E-state index in [4.69, 9.17) is 52.1 Å². The van der Waals surface area contributed by atoms with Crippen molar-refractivity contribution in [2.24, 2.45) is 0 Å². The van der Waals surface area contributed by atoms with Crippen LogP contribution in [0.3, 0.4) is 0 Å². The molecule has 0 aliphatic carbocycles. The number of hydrogen-bond acceptors (Lipinski definition) is 11. The molecule has 0 N–H and O–H groups in total. The Morgan fingerprint density at radius 1 is 0.359 bits per heavy atom. The molecule has 0 atom stereocenters. The van der Waals surface area contributed by atoms with Crippen molar-refractivity contribution in [1.82, 2.24) is 0 Å². The molecular formula is C53H74O11. The van der Waals surface area contributed by atoms with Crippen molar-refractivity contribution < 1.29 is 52.1 Å². The molecule has 0 aromatic heterocycles. The predicted octanol–water partition coefficient (Wildman–Crippen LogP) is 12.2. The van der Waals surface area contributed by atoms with Crippen molar-refractivity contribution in [3.63, 3.8) is 0 Å². The van der Waals surface area contributed by atoms with Gasteiger partial charge in [0.1, 0.15) is 23.0 Å². The van der Waals surface area contributed by atoms with Gasteiger partial charge in [-0.25, -0.2) is 0 Å². The number of methoxy groups -OCH3 is 9. The van der Waals surface area contributed by atoms with E-state index in [2.05, 4.69) is 46.8 Å². The predicted molar refractivity (Wildman–Crippen MR) is 258 cm³/mol. The highest BCUT2D eigenvalue weighted by molar-refractivity contribution is 5.54. The zero-order valence-corrected chi connectivity index (χ0v) is 40.9. The fourth-order valence-corrected chi connectivity index (χ4v) is 6.54. The Kier molecular flexibility index (Phi) is 26.1. The molecule has 6 rings (SSSR count). The van der Waals surface area contributed by atoms with Gasteiger partial charge in [0.05, 0.1) is 64.0 Å². The normalized spacial score (nSPS) is 10.4. The number of rotatable bonds is 17. The lowest BCUT2D eigenvalue weighted by atomic mass is 10.1. The Morgan fingerprint density at radius 3 is 1.41 bits per heavy atom. The van der Waals surface area contributed by atoms with Gasteiger partial charge in [0.15, 0.2) is 34.5 Å². The number of aryl methyl sites for hydroxylation is 5. The molecular weight excluding hydrogens is 813 g/mol. The Labute approximate surface area is 383 Å². The van der Waals surface area contributed by atoms with E-state index in [9.17, 15) is 0 Å². The van der Waals surface area contributed by atoms with Crippen molar-refractivity contribution >= 4 is 0 Å². The Hall–Kier alpha value is -6.10. The summed E-state index contributed by atoms with van der Waals surface area (Å²) in [5.41, 5.74) is 6.20. The van der Waals surface area contributed by atoms with Crippen LogP contribution in [0.5, 0.6) is 63.2 Å². The monoisotopic (exact) mass is 887 g/mol. The maximum atomic E-state index is 5.26. The molecule has 0 radical (unpaired) electrons. The third kappa shape index (κ3) is 17.2. The van der Waals surface area contributed by atoms with Crippen LogP contribution in [0.15, 0.2) is 84.9 Å². The molecule has 0 fully saturated rings. The summed E-state index contributed by atoms with van der Waals surface area (Å²) < 4.78 is 57.2. The minimum atomic E-state index is 0.364. The van der Waals surface area contributed by atoms with Gasteiger partial charge in [-0.1, -0.05) is 72.1 Å². The first-order valence-electron chi connectivity index (χ1n) is 21.9. The van der Waals surface area contributed by atoms with Crippen LogP contribution in [-0.2, 0) is 32.1 Å². The van der Waals surface area contributed by atoms with E-state index in [1.165, 1.54) is 27.8 Å². The average molecular weight is 887 g/mol. The largest absolute Gasteiger partial charge is 0.497 e. The second-order valence-corrected chi connectivity index (χ2v) is 14.2. The van der Waals surface area contributed by atoms with E-state index in [1.807, 2.05) is 72.8 Å². The zero-order chi connectivity index (χ0) is 47.3. The quantitative estimate of drug-likeness (QED) is 0.0892. The van der Waals surface area contributed by atoms with E-state index in [0.29, 0.717) is 12.5 Å². The first-order valence-corrected chi connectivity index (χ1v) is 21.9. The van der Waals surface area contributed by atoms with Crippen LogP contribution in [0.2, 0.25) is 0 Å². The minimum Gasteiger partial charge on any atom is -0.497 e. The van der Waals surface area contributed by atoms with Crippen LogP contribution in [0.1, 0.15) is 81.7 Å². The average Bonchev–Trinajstić information content (AvgIpc) is 3.82. The highest BCUT2D eigenvalue weighted by Crippen LogP contribution is 2.38. The van der Waals surface area contributed by atoms with Crippen LogP contribution < -0.4 is 52.1 Å². The van der Waals surface area contributed by atoms with E-state index >= 15 is 0 Å². The molecule has 64 heavy (non-hydrogen) atoms. The number of ether oxygens (including phenoxy) is 11. The van der Waals surface area contributed by atoms with Crippen LogP contribution in [0.4, 0.5) is 0 Å². The van der Waals surface area contributed by atoms with Crippen LogP contribution in [0.25, 0.3) is 0 Å². The molecule has 0 amide bonds. The van der Waals surface area contributed by atoms with Gasteiger partial charge in [0.25, 0.3) is 0 Å². The van der Waals surface area contributed by atoms with Gasteiger partial charge in [-0.05, 0) is 121 Å². The molecule has 11 heteroatoms. The molecule has 1 heterocycles. The smallest absolute Gasteiger partial charge is 0.231 e. The minimum absolute atomic E-state index is 0.364. The number of hydrogen-bond donors (Lipinski definition) is 0. The van der Waals surface area contributed by atoms with Gasteiger partial charge in [0.2, 0.25) is 12.5 Å². The molecule has 0 bridgehead atoms. The highest BCUT2D eigenvalue weighted by Gasteiger charge is 2.13.